The molecular weight excluding hydrogens is 378 g/mol. The zero-order valence-electron chi connectivity index (χ0n) is 17.6. The van der Waals surface area contributed by atoms with Gasteiger partial charge in [0.1, 0.15) is 5.82 Å². The average Bonchev–Trinajstić information content (AvgIpc) is 2.70. The van der Waals surface area contributed by atoms with Gasteiger partial charge in [-0.05, 0) is 25.5 Å². The lowest BCUT2D eigenvalue weighted by atomic mass is 10.1. The minimum atomic E-state index is -0.461. The first-order valence-electron chi connectivity index (χ1n) is 10.3. The molecule has 0 spiro atoms. The molecule has 1 aliphatic heterocycles. The van der Waals surface area contributed by atoms with E-state index in [2.05, 4.69) is 20.6 Å². The van der Waals surface area contributed by atoms with Crippen molar-refractivity contribution in [2.75, 3.05) is 26.2 Å². The summed E-state index contributed by atoms with van der Waals surface area (Å²) in [5.74, 6) is 0.483. The highest BCUT2D eigenvalue weighted by molar-refractivity contribution is 5.88. The number of rotatable bonds is 8. The number of aryl methyl sites for hydroxylation is 2. The standard InChI is InChI=1S/C23H29N5O2/c1-17-15-18(2)27-21(26-17)10-11-24-22(29)16-20-23(30)25-12-14-28(20)13-6-9-19-7-4-3-5-8-19/h3-9,15,20H,10-14,16H2,1-2H3,(H,24,29)(H,25,30)/b9-6+. The molecule has 0 saturated carbocycles. The molecule has 2 amide bonds. The van der Waals surface area contributed by atoms with Crippen molar-refractivity contribution in [2.45, 2.75) is 32.7 Å². The molecule has 2 heterocycles. The van der Waals surface area contributed by atoms with E-state index in [-0.39, 0.29) is 18.2 Å². The van der Waals surface area contributed by atoms with Crippen LogP contribution in [0.2, 0.25) is 0 Å². The molecule has 0 radical (unpaired) electrons. The highest BCUT2D eigenvalue weighted by Gasteiger charge is 2.30. The van der Waals surface area contributed by atoms with Gasteiger partial charge >= 0.3 is 0 Å². The van der Waals surface area contributed by atoms with Crippen molar-refractivity contribution in [1.29, 1.82) is 0 Å². The van der Waals surface area contributed by atoms with Gasteiger partial charge < -0.3 is 10.6 Å². The quantitative estimate of drug-likeness (QED) is 0.695. The summed E-state index contributed by atoms with van der Waals surface area (Å²) in [6, 6.07) is 11.5. The highest BCUT2D eigenvalue weighted by Crippen LogP contribution is 2.10. The maximum atomic E-state index is 12.4. The van der Waals surface area contributed by atoms with Crippen LogP contribution in [-0.2, 0) is 16.0 Å². The molecule has 1 atom stereocenters. The van der Waals surface area contributed by atoms with Crippen molar-refractivity contribution in [3.63, 3.8) is 0 Å². The fraction of sp³-hybridized carbons (Fsp3) is 0.391. The maximum absolute atomic E-state index is 12.4. The molecule has 0 bridgehead atoms. The van der Waals surface area contributed by atoms with Crippen molar-refractivity contribution in [2.24, 2.45) is 0 Å². The van der Waals surface area contributed by atoms with Gasteiger partial charge in [-0.15, -0.1) is 0 Å². The van der Waals surface area contributed by atoms with Crippen molar-refractivity contribution in [3.8, 4) is 0 Å². The van der Waals surface area contributed by atoms with E-state index >= 15 is 0 Å². The molecule has 1 fully saturated rings. The minimum Gasteiger partial charge on any atom is -0.356 e. The van der Waals surface area contributed by atoms with Gasteiger partial charge in [0.15, 0.2) is 0 Å². The number of hydrogen-bond acceptors (Lipinski definition) is 5. The van der Waals surface area contributed by atoms with Crippen molar-refractivity contribution in [1.82, 2.24) is 25.5 Å². The summed E-state index contributed by atoms with van der Waals surface area (Å²) in [7, 11) is 0. The number of benzene rings is 1. The minimum absolute atomic E-state index is 0.0952. The van der Waals surface area contributed by atoms with Gasteiger partial charge in [0.25, 0.3) is 0 Å². The molecule has 0 aliphatic carbocycles. The van der Waals surface area contributed by atoms with Crippen molar-refractivity contribution in [3.05, 3.63) is 65.2 Å². The van der Waals surface area contributed by atoms with Crippen molar-refractivity contribution >= 4 is 17.9 Å². The summed E-state index contributed by atoms with van der Waals surface area (Å²) in [4.78, 5) is 35.6. The number of amides is 2. The van der Waals surface area contributed by atoms with Gasteiger partial charge in [0.05, 0.1) is 12.5 Å². The summed E-state index contributed by atoms with van der Waals surface area (Å²) in [6.45, 7) is 6.25. The van der Waals surface area contributed by atoms with Gasteiger partial charge in [-0.3, -0.25) is 14.5 Å². The smallest absolute Gasteiger partial charge is 0.237 e. The largest absolute Gasteiger partial charge is 0.356 e. The first-order chi connectivity index (χ1) is 14.5. The third-order valence-electron chi connectivity index (χ3n) is 4.97. The Morgan fingerprint density at radius 2 is 1.97 bits per heavy atom. The Morgan fingerprint density at radius 3 is 2.70 bits per heavy atom. The predicted molar refractivity (Wildman–Crippen MR) is 117 cm³/mol. The molecule has 2 aromatic rings. The normalized spacial score (nSPS) is 17.1. The molecule has 1 aromatic carbocycles. The van der Waals surface area contributed by atoms with E-state index in [1.54, 1.807) is 0 Å². The Labute approximate surface area is 177 Å². The molecule has 1 aromatic heterocycles. The van der Waals surface area contributed by atoms with Crippen LogP contribution in [-0.4, -0.2) is 58.9 Å². The number of hydrogen-bond donors (Lipinski definition) is 2. The first-order valence-corrected chi connectivity index (χ1v) is 10.3. The number of piperazine rings is 1. The fourth-order valence-electron chi connectivity index (χ4n) is 3.56. The second-order valence-electron chi connectivity index (χ2n) is 7.49. The number of nitrogens with zero attached hydrogens (tertiary/aromatic N) is 3. The molecular formula is C23H29N5O2. The Balaban J connectivity index is 1.50. The third-order valence-corrected chi connectivity index (χ3v) is 4.97. The Hall–Kier alpha value is -3.06. The molecule has 3 rings (SSSR count). The van der Waals surface area contributed by atoms with E-state index in [9.17, 15) is 9.59 Å². The number of carbonyl (C=O) groups is 2. The van der Waals surface area contributed by atoms with E-state index in [0.29, 0.717) is 26.1 Å². The number of carbonyl (C=O) groups excluding carboxylic acids is 2. The Morgan fingerprint density at radius 1 is 1.23 bits per heavy atom. The lowest BCUT2D eigenvalue weighted by Crippen LogP contribution is -2.56. The van der Waals surface area contributed by atoms with E-state index in [1.165, 1.54) is 0 Å². The Bertz CT molecular complexity index is 877. The van der Waals surface area contributed by atoms with Crippen LogP contribution in [0.4, 0.5) is 0 Å². The zero-order chi connectivity index (χ0) is 21.3. The molecule has 158 valence electrons. The molecule has 7 nitrogen and oxygen atoms in total. The average molecular weight is 408 g/mol. The molecule has 1 saturated heterocycles. The van der Waals surface area contributed by atoms with Crippen LogP contribution < -0.4 is 10.6 Å². The Kier molecular flexibility index (Phi) is 7.68. The van der Waals surface area contributed by atoms with Crippen LogP contribution in [0.15, 0.2) is 42.5 Å². The topological polar surface area (TPSA) is 87.2 Å². The summed E-state index contributed by atoms with van der Waals surface area (Å²) in [6.07, 6.45) is 4.77. The van der Waals surface area contributed by atoms with E-state index in [0.717, 1.165) is 29.3 Å². The molecule has 1 aliphatic rings. The number of nitrogens with one attached hydrogen (secondary N) is 2. The van der Waals surface area contributed by atoms with Gasteiger partial charge in [-0.1, -0.05) is 42.5 Å². The summed E-state index contributed by atoms with van der Waals surface area (Å²) in [5.41, 5.74) is 2.95. The van der Waals surface area contributed by atoms with Gasteiger partial charge in [-0.2, -0.15) is 0 Å². The zero-order valence-corrected chi connectivity index (χ0v) is 17.6. The second-order valence-corrected chi connectivity index (χ2v) is 7.49. The lowest BCUT2D eigenvalue weighted by molar-refractivity contribution is -0.133. The molecule has 1 unspecified atom stereocenters. The second kappa shape index (κ2) is 10.6. The number of aromatic nitrogens is 2. The SMILES string of the molecule is Cc1cc(C)nc(CCNC(=O)CC2C(=O)NCCN2C/C=C/c2ccccc2)n1. The predicted octanol–water partition coefficient (Wildman–Crippen LogP) is 1.66. The fourth-order valence-corrected chi connectivity index (χ4v) is 3.56. The summed E-state index contributed by atoms with van der Waals surface area (Å²) < 4.78 is 0. The monoisotopic (exact) mass is 407 g/mol. The van der Waals surface area contributed by atoms with Crippen LogP contribution in [0.3, 0.4) is 0 Å². The van der Waals surface area contributed by atoms with Crippen LogP contribution in [0.1, 0.15) is 29.2 Å². The summed E-state index contributed by atoms with van der Waals surface area (Å²) in [5, 5.41) is 5.76. The van der Waals surface area contributed by atoms with E-state index in [4.69, 9.17) is 0 Å². The summed E-state index contributed by atoms with van der Waals surface area (Å²) >= 11 is 0. The highest BCUT2D eigenvalue weighted by atomic mass is 16.2. The van der Waals surface area contributed by atoms with Crippen LogP contribution >= 0.6 is 0 Å². The molecule has 30 heavy (non-hydrogen) atoms. The molecule has 7 heteroatoms. The molecule has 2 N–H and O–H groups in total. The lowest BCUT2D eigenvalue weighted by Gasteiger charge is -2.33. The van der Waals surface area contributed by atoms with Gasteiger partial charge in [-0.25, -0.2) is 9.97 Å². The van der Waals surface area contributed by atoms with Crippen LogP contribution in [0.5, 0.6) is 0 Å². The first kappa shape index (κ1) is 21.6. The van der Waals surface area contributed by atoms with E-state index < -0.39 is 6.04 Å². The van der Waals surface area contributed by atoms with Gasteiger partial charge in [0.2, 0.25) is 11.8 Å². The third kappa shape index (κ3) is 6.49. The van der Waals surface area contributed by atoms with Crippen molar-refractivity contribution < 1.29 is 9.59 Å². The van der Waals surface area contributed by atoms with E-state index in [1.807, 2.05) is 67.3 Å². The maximum Gasteiger partial charge on any atom is 0.237 e. The van der Waals surface area contributed by atoms with Gasteiger partial charge in [0, 0.05) is 44.0 Å². The van der Waals surface area contributed by atoms with Crippen LogP contribution in [0, 0.1) is 13.8 Å². The van der Waals surface area contributed by atoms with Crippen LogP contribution in [0.25, 0.3) is 6.08 Å².